The maximum atomic E-state index is 6.12. The summed E-state index contributed by atoms with van der Waals surface area (Å²) in [5.74, 6) is 0.787. The average molecular weight is 280 g/mol. The van der Waals surface area contributed by atoms with Crippen LogP contribution >= 0.6 is 11.6 Å². The van der Waals surface area contributed by atoms with E-state index in [0.717, 1.165) is 36.9 Å². The van der Waals surface area contributed by atoms with E-state index >= 15 is 0 Å². The van der Waals surface area contributed by atoms with Crippen LogP contribution < -0.4 is 5.32 Å². The van der Waals surface area contributed by atoms with Crippen LogP contribution in [0.2, 0.25) is 5.02 Å². The highest BCUT2D eigenvalue weighted by atomic mass is 35.5. The number of hydrogen-bond acceptors (Lipinski definition) is 2. The molecule has 1 N–H and O–H groups in total. The van der Waals surface area contributed by atoms with Gasteiger partial charge in [0.25, 0.3) is 0 Å². The summed E-state index contributed by atoms with van der Waals surface area (Å²) >= 11 is 6.12. The van der Waals surface area contributed by atoms with E-state index in [2.05, 4.69) is 17.4 Å². The third-order valence-electron chi connectivity index (χ3n) is 4.53. The molecule has 0 radical (unpaired) electrons. The van der Waals surface area contributed by atoms with Crippen molar-refractivity contribution in [2.24, 2.45) is 11.3 Å². The molecule has 2 fully saturated rings. The number of ether oxygens (including phenoxy) is 1. The summed E-state index contributed by atoms with van der Waals surface area (Å²) in [5, 5.41) is 4.22. The summed E-state index contributed by atoms with van der Waals surface area (Å²) in [6.07, 6.45) is 5.33. The van der Waals surface area contributed by atoms with Crippen LogP contribution in [0.4, 0.5) is 0 Å². The molecule has 1 saturated heterocycles. The Kier molecular flexibility index (Phi) is 3.84. The fraction of sp³-hybridized carbons (Fsp3) is 0.625. The SMILES string of the molecule is CNCC1(Cc2cccc(Cl)c2)CCOC1C1CC1. The summed E-state index contributed by atoms with van der Waals surface area (Å²) in [6, 6.07) is 8.28. The van der Waals surface area contributed by atoms with Crippen molar-refractivity contribution in [1.82, 2.24) is 5.32 Å². The van der Waals surface area contributed by atoms with Gasteiger partial charge in [-0.15, -0.1) is 0 Å². The Morgan fingerprint density at radius 3 is 2.95 bits per heavy atom. The maximum absolute atomic E-state index is 6.12. The fourth-order valence-electron chi connectivity index (χ4n) is 3.59. The first-order valence-corrected chi connectivity index (χ1v) is 7.62. The molecule has 1 aromatic carbocycles. The lowest BCUT2D eigenvalue weighted by Gasteiger charge is -2.34. The van der Waals surface area contributed by atoms with E-state index in [4.69, 9.17) is 16.3 Å². The van der Waals surface area contributed by atoms with Crippen LogP contribution in [0.5, 0.6) is 0 Å². The lowest BCUT2D eigenvalue weighted by Crippen LogP contribution is -2.42. The molecule has 0 amide bonds. The van der Waals surface area contributed by atoms with Crippen molar-refractivity contribution in [2.45, 2.75) is 31.8 Å². The Balaban J connectivity index is 1.83. The Labute approximate surface area is 120 Å². The molecule has 1 aliphatic heterocycles. The quantitative estimate of drug-likeness (QED) is 0.893. The first kappa shape index (κ1) is 13.4. The predicted octanol–water partition coefficient (Wildman–Crippen LogP) is 3.29. The van der Waals surface area contributed by atoms with Crippen LogP contribution in [0.3, 0.4) is 0 Å². The van der Waals surface area contributed by atoms with Crippen LogP contribution in [-0.4, -0.2) is 26.3 Å². The third-order valence-corrected chi connectivity index (χ3v) is 4.76. The largest absolute Gasteiger partial charge is 0.377 e. The first-order chi connectivity index (χ1) is 9.23. The minimum Gasteiger partial charge on any atom is -0.377 e. The molecule has 0 bridgehead atoms. The molecule has 2 nitrogen and oxygen atoms in total. The van der Waals surface area contributed by atoms with Crippen LogP contribution in [0.1, 0.15) is 24.8 Å². The lowest BCUT2D eigenvalue weighted by molar-refractivity contribution is 0.0314. The van der Waals surface area contributed by atoms with Gasteiger partial charge in [-0.1, -0.05) is 23.7 Å². The van der Waals surface area contributed by atoms with E-state index in [1.807, 2.05) is 19.2 Å². The van der Waals surface area contributed by atoms with Crippen molar-refractivity contribution >= 4 is 11.6 Å². The van der Waals surface area contributed by atoms with Gasteiger partial charge in [-0.3, -0.25) is 0 Å². The number of benzene rings is 1. The zero-order valence-corrected chi connectivity index (χ0v) is 12.2. The zero-order valence-electron chi connectivity index (χ0n) is 11.5. The second kappa shape index (κ2) is 5.43. The molecular formula is C16H22ClNO. The van der Waals surface area contributed by atoms with E-state index in [1.165, 1.54) is 18.4 Å². The second-order valence-electron chi connectivity index (χ2n) is 6.08. The Morgan fingerprint density at radius 1 is 1.42 bits per heavy atom. The van der Waals surface area contributed by atoms with Gasteiger partial charge in [-0.05, 0) is 56.3 Å². The van der Waals surface area contributed by atoms with E-state index in [-0.39, 0.29) is 5.41 Å². The highest BCUT2D eigenvalue weighted by Gasteiger charge is 2.50. The third kappa shape index (κ3) is 2.81. The summed E-state index contributed by atoms with van der Waals surface area (Å²) in [4.78, 5) is 0. The maximum Gasteiger partial charge on any atom is 0.0675 e. The van der Waals surface area contributed by atoms with Crippen molar-refractivity contribution in [1.29, 1.82) is 0 Å². The highest BCUT2D eigenvalue weighted by Crippen LogP contribution is 2.49. The molecule has 1 aromatic rings. The van der Waals surface area contributed by atoms with E-state index in [0.29, 0.717) is 6.10 Å². The number of halogens is 1. The molecule has 3 rings (SSSR count). The first-order valence-electron chi connectivity index (χ1n) is 7.24. The van der Waals surface area contributed by atoms with Gasteiger partial charge in [-0.25, -0.2) is 0 Å². The van der Waals surface area contributed by atoms with Gasteiger partial charge < -0.3 is 10.1 Å². The molecule has 1 saturated carbocycles. The van der Waals surface area contributed by atoms with Crippen molar-refractivity contribution in [3.8, 4) is 0 Å². The smallest absolute Gasteiger partial charge is 0.0675 e. The average Bonchev–Trinajstić information content (AvgIpc) is 3.13. The molecular weight excluding hydrogens is 258 g/mol. The molecule has 2 aliphatic rings. The summed E-state index contributed by atoms with van der Waals surface area (Å²) in [7, 11) is 2.04. The molecule has 0 aromatic heterocycles. The molecule has 0 spiro atoms. The van der Waals surface area contributed by atoms with Crippen molar-refractivity contribution < 1.29 is 4.74 Å². The lowest BCUT2D eigenvalue weighted by atomic mass is 9.74. The normalized spacial score (nSPS) is 30.7. The van der Waals surface area contributed by atoms with Gasteiger partial charge in [0.15, 0.2) is 0 Å². The van der Waals surface area contributed by atoms with Crippen LogP contribution in [0.25, 0.3) is 0 Å². The Hall–Kier alpha value is -0.570. The van der Waals surface area contributed by atoms with Crippen LogP contribution in [0, 0.1) is 11.3 Å². The standard InChI is InChI=1S/C16H22ClNO/c1-18-11-16(7-8-19-15(16)13-5-6-13)10-12-3-2-4-14(17)9-12/h2-4,9,13,15,18H,5-8,10-11H2,1H3. The molecule has 1 heterocycles. The van der Waals surface area contributed by atoms with Crippen LogP contribution in [-0.2, 0) is 11.2 Å². The molecule has 2 atom stereocenters. The van der Waals surface area contributed by atoms with Crippen molar-refractivity contribution in [2.75, 3.05) is 20.2 Å². The second-order valence-corrected chi connectivity index (χ2v) is 6.51. The Morgan fingerprint density at radius 2 is 2.26 bits per heavy atom. The molecule has 19 heavy (non-hydrogen) atoms. The highest BCUT2D eigenvalue weighted by molar-refractivity contribution is 6.30. The predicted molar refractivity (Wildman–Crippen MR) is 78.6 cm³/mol. The van der Waals surface area contributed by atoms with Gasteiger partial charge in [0.05, 0.1) is 6.10 Å². The number of hydrogen-bond donors (Lipinski definition) is 1. The zero-order chi connectivity index (χ0) is 13.3. The van der Waals surface area contributed by atoms with Gasteiger partial charge in [0.1, 0.15) is 0 Å². The Bertz CT molecular complexity index is 446. The van der Waals surface area contributed by atoms with Gasteiger partial charge in [0.2, 0.25) is 0 Å². The van der Waals surface area contributed by atoms with E-state index in [1.54, 1.807) is 0 Å². The minimum absolute atomic E-state index is 0.251. The minimum atomic E-state index is 0.251. The number of rotatable bonds is 5. The van der Waals surface area contributed by atoms with E-state index in [9.17, 15) is 0 Å². The molecule has 3 heteroatoms. The number of nitrogens with one attached hydrogen (secondary N) is 1. The van der Waals surface area contributed by atoms with Crippen molar-refractivity contribution in [3.63, 3.8) is 0 Å². The van der Waals surface area contributed by atoms with Gasteiger partial charge >= 0.3 is 0 Å². The molecule has 1 aliphatic carbocycles. The summed E-state index contributed by atoms with van der Waals surface area (Å²) < 4.78 is 6.07. The molecule has 2 unspecified atom stereocenters. The van der Waals surface area contributed by atoms with Gasteiger partial charge in [0, 0.05) is 23.6 Å². The molecule has 104 valence electrons. The monoisotopic (exact) mass is 279 g/mol. The van der Waals surface area contributed by atoms with E-state index < -0.39 is 0 Å². The van der Waals surface area contributed by atoms with Crippen LogP contribution in [0.15, 0.2) is 24.3 Å². The summed E-state index contributed by atoms with van der Waals surface area (Å²) in [6.45, 7) is 1.93. The topological polar surface area (TPSA) is 21.3 Å². The fourth-order valence-corrected chi connectivity index (χ4v) is 3.80. The van der Waals surface area contributed by atoms with Crippen molar-refractivity contribution in [3.05, 3.63) is 34.9 Å². The summed E-state index contributed by atoms with van der Waals surface area (Å²) in [5.41, 5.74) is 1.58. The van der Waals surface area contributed by atoms with Gasteiger partial charge in [-0.2, -0.15) is 0 Å².